The van der Waals surface area contributed by atoms with E-state index in [1.165, 1.54) is 10.5 Å². The fourth-order valence-corrected chi connectivity index (χ4v) is 3.06. The van der Waals surface area contributed by atoms with E-state index >= 15 is 0 Å². The van der Waals surface area contributed by atoms with Crippen molar-refractivity contribution in [2.45, 2.75) is 18.9 Å². The maximum atomic E-state index is 11.7. The SMILES string of the molecule is CN1CCC[C@@H]1CN(c1cnn(C)c1)S(N)(=O)=O. The van der Waals surface area contributed by atoms with E-state index in [2.05, 4.69) is 10.00 Å². The van der Waals surface area contributed by atoms with Gasteiger partial charge in [0.15, 0.2) is 0 Å². The van der Waals surface area contributed by atoms with Crippen LogP contribution in [0.2, 0.25) is 0 Å². The summed E-state index contributed by atoms with van der Waals surface area (Å²) in [5.74, 6) is 0. The summed E-state index contributed by atoms with van der Waals surface area (Å²) >= 11 is 0. The summed E-state index contributed by atoms with van der Waals surface area (Å²) < 4.78 is 26.2. The Balaban J connectivity index is 2.21. The minimum absolute atomic E-state index is 0.212. The van der Waals surface area contributed by atoms with E-state index in [9.17, 15) is 8.42 Å². The summed E-state index contributed by atoms with van der Waals surface area (Å²) in [4.78, 5) is 2.16. The third-order valence-electron chi connectivity index (χ3n) is 3.33. The van der Waals surface area contributed by atoms with Crippen LogP contribution < -0.4 is 9.44 Å². The van der Waals surface area contributed by atoms with Crippen LogP contribution in [0.15, 0.2) is 12.4 Å². The molecule has 0 radical (unpaired) electrons. The van der Waals surface area contributed by atoms with Crippen molar-refractivity contribution in [2.75, 3.05) is 24.4 Å². The van der Waals surface area contributed by atoms with Gasteiger partial charge in [-0.25, -0.2) is 5.14 Å². The summed E-state index contributed by atoms with van der Waals surface area (Å²) in [5, 5.41) is 9.27. The van der Waals surface area contributed by atoms with Gasteiger partial charge in [0, 0.05) is 19.3 Å². The van der Waals surface area contributed by atoms with Crippen LogP contribution in [0.1, 0.15) is 12.8 Å². The molecule has 18 heavy (non-hydrogen) atoms. The van der Waals surface area contributed by atoms with Crippen molar-refractivity contribution in [2.24, 2.45) is 12.2 Å². The molecule has 0 bridgehead atoms. The molecule has 1 aliphatic heterocycles. The van der Waals surface area contributed by atoms with E-state index in [0.29, 0.717) is 12.2 Å². The van der Waals surface area contributed by atoms with Gasteiger partial charge < -0.3 is 4.90 Å². The zero-order valence-corrected chi connectivity index (χ0v) is 11.5. The normalized spacial score (nSPS) is 21.4. The molecule has 0 saturated carbocycles. The number of hydrogen-bond donors (Lipinski definition) is 1. The molecule has 102 valence electrons. The molecule has 2 rings (SSSR count). The highest BCUT2D eigenvalue weighted by Crippen LogP contribution is 2.21. The van der Waals surface area contributed by atoms with Crippen LogP contribution in [0.5, 0.6) is 0 Å². The highest BCUT2D eigenvalue weighted by atomic mass is 32.2. The topological polar surface area (TPSA) is 84.5 Å². The predicted octanol–water partition coefficient (Wildman–Crippen LogP) is -0.476. The molecule has 1 saturated heterocycles. The Morgan fingerprint density at radius 1 is 1.56 bits per heavy atom. The maximum absolute atomic E-state index is 11.7. The van der Waals surface area contributed by atoms with Gasteiger partial charge in [0.05, 0.1) is 18.4 Å². The van der Waals surface area contributed by atoms with Crippen molar-refractivity contribution in [1.82, 2.24) is 14.7 Å². The van der Waals surface area contributed by atoms with Crippen LogP contribution in [-0.2, 0) is 17.3 Å². The molecule has 0 spiro atoms. The number of hydrogen-bond acceptors (Lipinski definition) is 4. The summed E-state index contributed by atoms with van der Waals surface area (Å²) in [6, 6.07) is 0.212. The minimum atomic E-state index is -3.76. The van der Waals surface area contributed by atoms with Crippen molar-refractivity contribution >= 4 is 15.9 Å². The zero-order valence-electron chi connectivity index (χ0n) is 10.7. The molecule has 0 amide bonds. The lowest BCUT2D eigenvalue weighted by Crippen LogP contribution is -2.44. The summed E-state index contributed by atoms with van der Waals surface area (Å²) in [6.45, 7) is 1.37. The van der Waals surface area contributed by atoms with Crippen LogP contribution >= 0.6 is 0 Å². The molecule has 2 heterocycles. The molecule has 0 aromatic carbocycles. The summed E-state index contributed by atoms with van der Waals surface area (Å²) in [6.07, 6.45) is 5.24. The van der Waals surface area contributed by atoms with Gasteiger partial charge in [-0.1, -0.05) is 0 Å². The van der Waals surface area contributed by atoms with Crippen LogP contribution in [0.4, 0.5) is 5.69 Å². The lowest BCUT2D eigenvalue weighted by Gasteiger charge is -2.27. The fraction of sp³-hybridized carbons (Fsp3) is 0.700. The summed E-state index contributed by atoms with van der Waals surface area (Å²) in [5.41, 5.74) is 0.514. The third kappa shape index (κ3) is 2.82. The van der Waals surface area contributed by atoms with Gasteiger partial charge in [0.1, 0.15) is 0 Å². The van der Waals surface area contributed by atoms with Gasteiger partial charge >= 0.3 is 0 Å². The Morgan fingerprint density at radius 2 is 2.28 bits per heavy atom. The predicted molar refractivity (Wildman–Crippen MR) is 69.3 cm³/mol. The van der Waals surface area contributed by atoms with E-state index in [4.69, 9.17) is 5.14 Å². The van der Waals surface area contributed by atoms with Crippen molar-refractivity contribution in [3.05, 3.63) is 12.4 Å². The van der Waals surface area contributed by atoms with E-state index in [1.54, 1.807) is 17.9 Å². The first-order chi connectivity index (χ1) is 8.38. The van der Waals surface area contributed by atoms with Gasteiger partial charge in [-0.05, 0) is 26.4 Å². The second-order valence-corrected chi connectivity index (χ2v) is 6.20. The smallest absolute Gasteiger partial charge is 0.299 e. The first-order valence-corrected chi connectivity index (χ1v) is 7.37. The molecular weight excluding hydrogens is 254 g/mol. The van der Waals surface area contributed by atoms with Crippen LogP contribution in [-0.4, -0.2) is 49.3 Å². The fourth-order valence-electron chi connectivity index (χ4n) is 2.29. The van der Waals surface area contributed by atoms with Gasteiger partial charge in [-0.2, -0.15) is 13.5 Å². The van der Waals surface area contributed by atoms with Crippen LogP contribution in [0, 0.1) is 0 Å². The molecular formula is C10H19N5O2S. The molecule has 7 nitrogen and oxygen atoms in total. The second-order valence-electron chi connectivity index (χ2n) is 4.72. The number of likely N-dealkylation sites (N-methyl/N-ethyl adjacent to an activating group) is 1. The number of aromatic nitrogens is 2. The Labute approximate surface area is 107 Å². The third-order valence-corrected chi connectivity index (χ3v) is 4.31. The molecule has 1 atom stereocenters. The summed E-state index contributed by atoms with van der Waals surface area (Å²) in [7, 11) is -0.0174. The number of rotatable bonds is 4. The molecule has 1 aromatic heterocycles. The Kier molecular flexibility index (Phi) is 3.60. The number of anilines is 1. The van der Waals surface area contributed by atoms with Crippen LogP contribution in [0.3, 0.4) is 0 Å². The molecule has 2 N–H and O–H groups in total. The molecule has 8 heteroatoms. The standard InChI is InChI=1S/C10H19N5O2S/c1-13-5-3-4-9(13)8-15(18(11,16)17)10-6-12-14(2)7-10/h6-7,9H,3-5,8H2,1-2H3,(H2,11,16,17)/t9-/m1/s1. The number of likely N-dealkylation sites (tertiary alicyclic amines) is 1. The van der Waals surface area contributed by atoms with Gasteiger partial charge in [-0.15, -0.1) is 0 Å². The maximum Gasteiger partial charge on any atom is 0.299 e. The first-order valence-electron chi connectivity index (χ1n) is 5.87. The second kappa shape index (κ2) is 4.87. The Morgan fingerprint density at radius 3 is 2.72 bits per heavy atom. The van der Waals surface area contributed by atoms with Gasteiger partial charge in [0.25, 0.3) is 10.2 Å². The number of aryl methyl sites for hydroxylation is 1. The van der Waals surface area contributed by atoms with Crippen molar-refractivity contribution in [1.29, 1.82) is 0 Å². The van der Waals surface area contributed by atoms with E-state index in [0.717, 1.165) is 19.4 Å². The van der Waals surface area contributed by atoms with E-state index in [1.807, 2.05) is 7.05 Å². The highest BCUT2D eigenvalue weighted by Gasteiger charge is 2.28. The van der Waals surface area contributed by atoms with Gasteiger partial charge in [0.2, 0.25) is 0 Å². The quantitative estimate of drug-likeness (QED) is 0.803. The Bertz CT molecular complexity index is 512. The van der Waals surface area contributed by atoms with E-state index in [-0.39, 0.29) is 6.04 Å². The Hall–Kier alpha value is -1.12. The van der Waals surface area contributed by atoms with Gasteiger partial charge in [-0.3, -0.25) is 8.99 Å². The average Bonchev–Trinajstić information content (AvgIpc) is 2.82. The highest BCUT2D eigenvalue weighted by molar-refractivity contribution is 7.90. The lowest BCUT2D eigenvalue weighted by atomic mass is 10.2. The number of nitrogens with two attached hydrogens (primary N) is 1. The van der Waals surface area contributed by atoms with E-state index < -0.39 is 10.2 Å². The largest absolute Gasteiger partial charge is 0.302 e. The average molecular weight is 273 g/mol. The van der Waals surface area contributed by atoms with Crippen molar-refractivity contribution in [3.63, 3.8) is 0 Å². The monoisotopic (exact) mass is 273 g/mol. The van der Waals surface area contributed by atoms with Crippen molar-refractivity contribution < 1.29 is 8.42 Å². The molecule has 0 unspecified atom stereocenters. The minimum Gasteiger partial charge on any atom is -0.302 e. The molecule has 1 fully saturated rings. The first kappa shape index (κ1) is 13.3. The number of nitrogens with zero attached hydrogens (tertiary/aromatic N) is 4. The molecule has 1 aromatic rings. The van der Waals surface area contributed by atoms with Crippen molar-refractivity contribution in [3.8, 4) is 0 Å². The molecule has 0 aliphatic carbocycles. The zero-order chi connectivity index (χ0) is 13.3. The van der Waals surface area contributed by atoms with Crippen LogP contribution in [0.25, 0.3) is 0 Å². The lowest BCUT2D eigenvalue weighted by molar-refractivity contribution is 0.317. The molecule has 1 aliphatic rings.